The van der Waals surface area contributed by atoms with E-state index in [9.17, 15) is 9.59 Å². The first-order chi connectivity index (χ1) is 11.5. The van der Waals surface area contributed by atoms with E-state index in [-0.39, 0.29) is 24.2 Å². The van der Waals surface area contributed by atoms with Gasteiger partial charge < -0.3 is 20.9 Å². The molecule has 1 aromatic heterocycles. The van der Waals surface area contributed by atoms with E-state index in [1.165, 1.54) is 0 Å². The summed E-state index contributed by atoms with van der Waals surface area (Å²) in [6, 6.07) is 8.80. The second-order valence-corrected chi connectivity index (χ2v) is 5.57. The third-order valence-corrected chi connectivity index (χ3v) is 3.98. The summed E-state index contributed by atoms with van der Waals surface area (Å²) in [4.78, 5) is 24.8. The first-order valence-electron chi connectivity index (χ1n) is 8.05. The molecular weight excluding hydrogens is 340 g/mol. The van der Waals surface area contributed by atoms with Crippen LogP contribution in [0.25, 0.3) is 0 Å². The van der Waals surface area contributed by atoms with E-state index in [0.29, 0.717) is 29.9 Å². The fourth-order valence-corrected chi connectivity index (χ4v) is 2.78. The Morgan fingerprint density at radius 3 is 2.40 bits per heavy atom. The van der Waals surface area contributed by atoms with Crippen molar-refractivity contribution >= 4 is 29.9 Å². The summed E-state index contributed by atoms with van der Waals surface area (Å²) in [7, 11) is 0. The Morgan fingerprint density at radius 2 is 1.80 bits per heavy atom. The zero-order valence-electron chi connectivity index (χ0n) is 14.8. The van der Waals surface area contributed by atoms with E-state index < -0.39 is 0 Å². The number of amides is 2. The highest BCUT2D eigenvalue weighted by Crippen LogP contribution is 2.19. The van der Waals surface area contributed by atoms with Crippen molar-refractivity contribution in [1.29, 1.82) is 0 Å². The molecule has 2 amide bonds. The molecule has 7 heteroatoms. The zero-order chi connectivity index (χ0) is 17.7. The lowest BCUT2D eigenvalue weighted by molar-refractivity contribution is 0.0955. The van der Waals surface area contributed by atoms with Crippen molar-refractivity contribution in [3.05, 3.63) is 52.8 Å². The van der Waals surface area contributed by atoms with E-state index in [1.54, 1.807) is 24.3 Å². The fourth-order valence-electron chi connectivity index (χ4n) is 2.78. The number of carbonyl (C=O) groups is 2. The predicted molar refractivity (Wildman–Crippen MR) is 103 cm³/mol. The van der Waals surface area contributed by atoms with E-state index in [0.717, 1.165) is 17.9 Å². The van der Waals surface area contributed by atoms with Crippen molar-refractivity contribution in [2.45, 2.75) is 27.3 Å². The number of para-hydroxylation sites is 1. The molecule has 2 rings (SSSR count). The summed E-state index contributed by atoms with van der Waals surface area (Å²) in [5.74, 6) is -0.475. The lowest BCUT2D eigenvalue weighted by atomic mass is 10.1. The van der Waals surface area contributed by atoms with Crippen molar-refractivity contribution in [2.24, 2.45) is 5.73 Å². The molecule has 0 aliphatic rings. The highest BCUT2D eigenvalue weighted by atomic mass is 35.5. The first kappa shape index (κ1) is 20.7. The van der Waals surface area contributed by atoms with Gasteiger partial charge in [-0.3, -0.25) is 9.59 Å². The summed E-state index contributed by atoms with van der Waals surface area (Å²) in [6.45, 7) is 7.50. The van der Waals surface area contributed by atoms with Crippen molar-refractivity contribution in [3.63, 3.8) is 0 Å². The monoisotopic (exact) mass is 364 g/mol. The van der Waals surface area contributed by atoms with Gasteiger partial charge in [0.25, 0.3) is 11.8 Å². The quantitative estimate of drug-likeness (QED) is 0.735. The number of aryl methyl sites for hydroxylation is 1. The number of carbonyl (C=O) groups excluding carboxylic acids is 2. The number of hydrogen-bond acceptors (Lipinski definition) is 3. The van der Waals surface area contributed by atoms with Gasteiger partial charge in [-0.05, 0) is 39.0 Å². The second-order valence-electron chi connectivity index (χ2n) is 5.57. The van der Waals surface area contributed by atoms with Crippen LogP contribution in [0.15, 0.2) is 30.3 Å². The molecule has 0 spiro atoms. The molecule has 136 valence electrons. The average Bonchev–Trinajstić information content (AvgIpc) is 2.87. The van der Waals surface area contributed by atoms with Gasteiger partial charge in [0.15, 0.2) is 0 Å². The maximum absolute atomic E-state index is 12.6. The maximum Gasteiger partial charge on any atom is 0.257 e. The van der Waals surface area contributed by atoms with E-state index in [2.05, 4.69) is 15.2 Å². The highest BCUT2D eigenvalue weighted by molar-refractivity contribution is 6.09. The van der Waals surface area contributed by atoms with Gasteiger partial charge >= 0.3 is 0 Å². The highest BCUT2D eigenvalue weighted by Gasteiger charge is 2.17. The van der Waals surface area contributed by atoms with Gasteiger partial charge in [-0.25, -0.2) is 0 Å². The van der Waals surface area contributed by atoms with E-state index in [1.807, 2.05) is 26.8 Å². The Bertz CT molecular complexity index is 756. The van der Waals surface area contributed by atoms with Gasteiger partial charge in [-0.2, -0.15) is 0 Å². The predicted octanol–water partition coefficient (Wildman–Crippen LogP) is 2.49. The Kier molecular flexibility index (Phi) is 7.67. The Labute approximate surface area is 154 Å². The minimum Gasteiger partial charge on any atom is -0.351 e. The number of rotatable bonds is 6. The first-order valence-corrected chi connectivity index (χ1v) is 8.05. The van der Waals surface area contributed by atoms with Crippen LogP contribution in [0.2, 0.25) is 0 Å². The van der Waals surface area contributed by atoms with Crippen LogP contribution in [0.1, 0.15) is 39.0 Å². The van der Waals surface area contributed by atoms with Crippen molar-refractivity contribution in [1.82, 2.24) is 9.88 Å². The molecule has 0 saturated heterocycles. The minimum absolute atomic E-state index is 0. The van der Waals surface area contributed by atoms with Gasteiger partial charge in [0.05, 0.1) is 16.8 Å². The summed E-state index contributed by atoms with van der Waals surface area (Å²) in [5, 5.41) is 5.56. The molecule has 1 heterocycles. The molecule has 1 aromatic carbocycles. The zero-order valence-corrected chi connectivity index (χ0v) is 15.6. The molecule has 2 aromatic rings. The third-order valence-electron chi connectivity index (χ3n) is 3.98. The van der Waals surface area contributed by atoms with Crippen LogP contribution in [-0.4, -0.2) is 29.5 Å². The normalized spacial score (nSPS) is 10.1. The standard InChI is InChI=1S/C18H24N4O2.ClH/c1-4-22-12(2)11-15(13(22)3)18(24)21-16-8-6-5-7-14(16)17(23)20-10-9-19;/h5-8,11H,4,9-10,19H2,1-3H3,(H,20,23)(H,21,24);1H. The molecule has 0 fully saturated rings. The molecule has 0 radical (unpaired) electrons. The number of halogens is 1. The van der Waals surface area contributed by atoms with Gasteiger partial charge in [-0.15, -0.1) is 12.4 Å². The molecule has 0 bridgehead atoms. The largest absolute Gasteiger partial charge is 0.351 e. The summed E-state index contributed by atoms with van der Waals surface area (Å²) in [5.41, 5.74) is 8.88. The van der Waals surface area contributed by atoms with Crippen molar-refractivity contribution in [3.8, 4) is 0 Å². The minimum atomic E-state index is -0.254. The second kappa shape index (κ2) is 9.25. The number of benzene rings is 1. The van der Waals surface area contributed by atoms with E-state index >= 15 is 0 Å². The number of aromatic nitrogens is 1. The van der Waals surface area contributed by atoms with Crippen LogP contribution >= 0.6 is 12.4 Å². The number of hydrogen-bond donors (Lipinski definition) is 3. The number of nitrogens with zero attached hydrogens (tertiary/aromatic N) is 1. The molecule has 0 atom stereocenters. The fraction of sp³-hybridized carbons (Fsp3) is 0.333. The smallest absolute Gasteiger partial charge is 0.257 e. The van der Waals surface area contributed by atoms with Crippen LogP contribution in [0, 0.1) is 13.8 Å². The summed E-state index contributed by atoms with van der Waals surface area (Å²) in [6.07, 6.45) is 0. The Hall–Kier alpha value is -2.31. The Morgan fingerprint density at radius 1 is 1.12 bits per heavy atom. The van der Waals surface area contributed by atoms with Gasteiger partial charge in [0, 0.05) is 31.0 Å². The lowest BCUT2D eigenvalue weighted by Crippen LogP contribution is -2.30. The van der Waals surface area contributed by atoms with Gasteiger partial charge in [0.2, 0.25) is 0 Å². The third kappa shape index (κ3) is 4.61. The van der Waals surface area contributed by atoms with Crippen LogP contribution in [-0.2, 0) is 6.54 Å². The molecular formula is C18H25ClN4O2. The average molecular weight is 365 g/mol. The summed E-state index contributed by atoms with van der Waals surface area (Å²) < 4.78 is 2.08. The van der Waals surface area contributed by atoms with E-state index in [4.69, 9.17) is 5.73 Å². The number of nitrogens with one attached hydrogen (secondary N) is 2. The molecule has 0 unspecified atom stereocenters. The molecule has 0 saturated carbocycles. The molecule has 0 aliphatic carbocycles. The van der Waals surface area contributed by atoms with Gasteiger partial charge in [-0.1, -0.05) is 12.1 Å². The van der Waals surface area contributed by atoms with Crippen LogP contribution in [0.4, 0.5) is 5.69 Å². The van der Waals surface area contributed by atoms with Crippen LogP contribution in [0.3, 0.4) is 0 Å². The van der Waals surface area contributed by atoms with Crippen LogP contribution in [0.5, 0.6) is 0 Å². The molecule has 0 aliphatic heterocycles. The maximum atomic E-state index is 12.6. The molecule has 6 nitrogen and oxygen atoms in total. The SMILES string of the molecule is CCn1c(C)cc(C(=O)Nc2ccccc2C(=O)NCCN)c1C.Cl. The van der Waals surface area contributed by atoms with Crippen molar-refractivity contribution in [2.75, 3.05) is 18.4 Å². The Balaban J connectivity index is 0.00000312. The summed E-state index contributed by atoms with van der Waals surface area (Å²) >= 11 is 0. The van der Waals surface area contributed by atoms with Crippen molar-refractivity contribution < 1.29 is 9.59 Å². The molecule has 4 N–H and O–H groups in total. The number of nitrogens with two attached hydrogens (primary N) is 1. The van der Waals surface area contributed by atoms with Gasteiger partial charge in [0.1, 0.15) is 0 Å². The molecule has 25 heavy (non-hydrogen) atoms. The topological polar surface area (TPSA) is 89.2 Å². The lowest BCUT2D eigenvalue weighted by Gasteiger charge is -2.11. The number of anilines is 1. The van der Waals surface area contributed by atoms with Crippen LogP contribution < -0.4 is 16.4 Å².